The summed E-state index contributed by atoms with van der Waals surface area (Å²) in [5, 5.41) is 8.63. The van der Waals surface area contributed by atoms with E-state index >= 15 is 0 Å². The van der Waals surface area contributed by atoms with Crippen molar-refractivity contribution in [2.45, 2.75) is 25.3 Å². The number of fused-ring (bicyclic) bond motifs is 1. The second kappa shape index (κ2) is 8.94. The first-order valence-electron chi connectivity index (χ1n) is 10.7. The second-order valence-electron chi connectivity index (χ2n) is 8.19. The molecule has 3 heterocycles. The highest BCUT2D eigenvalue weighted by molar-refractivity contribution is 6.30. The fourth-order valence-electron chi connectivity index (χ4n) is 4.18. The maximum absolute atomic E-state index is 14.0. The zero-order chi connectivity index (χ0) is 23.8. The number of nitrogens with zero attached hydrogens (tertiary/aromatic N) is 5. The smallest absolute Gasteiger partial charge is 0.281 e. The monoisotopic (exact) mass is 484 g/mol. The lowest BCUT2D eigenvalue weighted by Crippen LogP contribution is -2.38. The van der Waals surface area contributed by atoms with E-state index in [1.807, 2.05) is 12.1 Å². The number of amides is 1. The van der Waals surface area contributed by atoms with Crippen LogP contribution in [0.15, 0.2) is 47.3 Å². The Kier molecular flexibility index (Phi) is 5.82. The summed E-state index contributed by atoms with van der Waals surface area (Å²) >= 11 is 6.06. The maximum atomic E-state index is 14.0. The number of H-pyrrole nitrogens is 1. The molecule has 1 aliphatic heterocycles. The van der Waals surface area contributed by atoms with E-state index in [0.29, 0.717) is 55.0 Å². The third-order valence-electron chi connectivity index (χ3n) is 5.94. The van der Waals surface area contributed by atoms with Crippen molar-refractivity contribution in [1.29, 1.82) is 0 Å². The van der Waals surface area contributed by atoms with Crippen LogP contribution in [0.5, 0.6) is 0 Å². The molecule has 0 atom stereocenters. The first-order chi connectivity index (χ1) is 16.4. The van der Waals surface area contributed by atoms with Crippen LogP contribution in [0.25, 0.3) is 11.2 Å². The van der Waals surface area contributed by atoms with E-state index in [1.165, 1.54) is 4.90 Å². The Labute approximate surface area is 197 Å². The van der Waals surface area contributed by atoms with Gasteiger partial charge in [0.15, 0.2) is 11.2 Å². The van der Waals surface area contributed by atoms with Crippen molar-refractivity contribution < 1.29 is 13.6 Å². The predicted octanol–water partition coefficient (Wildman–Crippen LogP) is 3.51. The molecule has 1 saturated heterocycles. The third kappa shape index (κ3) is 4.28. The Morgan fingerprint density at radius 1 is 1.15 bits per heavy atom. The van der Waals surface area contributed by atoms with Crippen LogP contribution in [-0.4, -0.2) is 48.9 Å². The van der Waals surface area contributed by atoms with Gasteiger partial charge in [0, 0.05) is 30.1 Å². The van der Waals surface area contributed by atoms with Gasteiger partial charge in [-0.3, -0.25) is 9.59 Å². The van der Waals surface area contributed by atoms with E-state index in [9.17, 15) is 18.4 Å². The van der Waals surface area contributed by atoms with Crippen molar-refractivity contribution in [2.75, 3.05) is 13.1 Å². The minimum atomic E-state index is -0.885. The highest BCUT2D eigenvalue weighted by Gasteiger charge is 2.28. The van der Waals surface area contributed by atoms with Crippen molar-refractivity contribution in [3.8, 4) is 0 Å². The Hall–Kier alpha value is -3.66. The van der Waals surface area contributed by atoms with Gasteiger partial charge >= 0.3 is 0 Å². The van der Waals surface area contributed by atoms with Gasteiger partial charge in [0.2, 0.25) is 0 Å². The van der Waals surface area contributed by atoms with Crippen LogP contribution in [0.2, 0.25) is 5.02 Å². The normalized spacial score (nSPS) is 14.6. The summed E-state index contributed by atoms with van der Waals surface area (Å²) in [6, 6.07) is 10.2. The lowest BCUT2D eigenvalue weighted by molar-refractivity contribution is 0.0706. The van der Waals surface area contributed by atoms with Crippen LogP contribution in [0.4, 0.5) is 8.78 Å². The average Bonchev–Trinajstić information content (AvgIpc) is 3.22. The Morgan fingerprint density at radius 2 is 1.94 bits per heavy atom. The van der Waals surface area contributed by atoms with Crippen molar-refractivity contribution in [2.24, 2.45) is 0 Å². The van der Waals surface area contributed by atoms with Crippen molar-refractivity contribution >= 4 is 28.7 Å². The van der Waals surface area contributed by atoms with Crippen molar-refractivity contribution in [3.05, 3.63) is 86.4 Å². The minimum Gasteiger partial charge on any atom is -0.339 e. The van der Waals surface area contributed by atoms with Gasteiger partial charge in [-0.25, -0.2) is 18.4 Å². The van der Waals surface area contributed by atoms with Gasteiger partial charge in [0.25, 0.3) is 11.5 Å². The molecule has 1 fully saturated rings. The maximum Gasteiger partial charge on any atom is 0.281 e. The first kappa shape index (κ1) is 22.1. The molecule has 0 bridgehead atoms. The van der Waals surface area contributed by atoms with Gasteiger partial charge in [-0.15, -0.1) is 5.10 Å². The van der Waals surface area contributed by atoms with Crippen LogP contribution < -0.4 is 5.56 Å². The molecule has 1 amide bonds. The average molecular weight is 485 g/mol. The quantitative estimate of drug-likeness (QED) is 0.478. The third-order valence-corrected chi connectivity index (χ3v) is 6.18. The lowest BCUT2D eigenvalue weighted by Gasteiger charge is -2.31. The van der Waals surface area contributed by atoms with Crippen LogP contribution in [0.3, 0.4) is 0 Å². The van der Waals surface area contributed by atoms with Gasteiger partial charge < -0.3 is 9.88 Å². The summed E-state index contributed by atoms with van der Waals surface area (Å²) < 4.78 is 28.7. The number of likely N-dealkylation sites (tertiary alicyclic amines) is 1. The molecule has 2 aromatic heterocycles. The SMILES string of the molecule is O=C(c1ccc(F)cc1F)N1CCC(c2nc3c(nnn3Cc3cccc(Cl)c3)c(=O)[nH]2)CC1. The summed E-state index contributed by atoms with van der Waals surface area (Å²) in [6.07, 6.45) is 1.05. The molecular weight excluding hydrogens is 466 g/mol. The molecule has 1 N–H and O–H groups in total. The zero-order valence-corrected chi connectivity index (χ0v) is 18.6. The number of carbonyl (C=O) groups excluding carboxylic acids is 1. The summed E-state index contributed by atoms with van der Waals surface area (Å²) in [6.45, 7) is 1.05. The van der Waals surface area contributed by atoms with E-state index in [1.54, 1.807) is 16.8 Å². The zero-order valence-electron chi connectivity index (χ0n) is 17.8. The van der Waals surface area contributed by atoms with Gasteiger partial charge in [-0.05, 0) is 42.7 Å². The number of carbonyl (C=O) groups is 1. The predicted molar refractivity (Wildman–Crippen MR) is 121 cm³/mol. The highest BCUT2D eigenvalue weighted by atomic mass is 35.5. The molecular formula is C23H19ClF2N6O2. The molecule has 0 radical (unpaired) electrons. The number of rotatable bonds is 4. The van der Waals surface area contributed by atoms with Crippen LogP contribution in [0, 0.1) is 11.6 Å². The molecule has 2 aromatic carbocycles. The molecule has 0 spiro atoms. The standard InChI is InChI=1S/C23H19ClF2N6O2/c24-15-3-1-2-13(10-15)12-32-21-19(29-30-32)22(33)28-20(27-21)14-6-8-31(9-7-14)23(34)17-5-4-16(25)11-18(17)26/h1-5,10-11,14H,6-9,12H2,(H,27,28,33). The van der Waals surface area contributed by atoms with Crippen LogP contribution in [-0.2, 0) is 6.54 Å². The van der Waals surface area contributed by atoms with Gasteiger partial charge in [0.1, 0.15) is 17.5 Å². The van der Waals surface area contributed by atoms with Crippen LogP contribution >= 0.6 is 11.6 Å². The number of hydrogen-bond donors (Lipinski definition) is 1. The molecule has 11 heteroatoms. The summed E-state index contributed by atoms with van der Waals surface area (Å²) in [7, 11) is 0. The van der Waals surface area contributed by atoms with Gasteiger partial charge in [0.05, 0.1) is 12.1 Å². The summed E-state index contributed by atoms with van der Waals surface area (Å²) in [5.74, 6) is -1.72. The Balaban J connectivity index is 1.35. The van der Waals surface area contributed by atoms with E-state index in [-0.39, 0.29) is 22.6 Å². The van der Waals surface area contributed by atoms with Crippen molar-refractivity contribution in [1.82, 2.24) is 29.9 Å². The topological polar surface area (TPSA) is 96.8 Å². The summed E-state index contributed by atoms with van der Waals surface area (Å²) in [5.41, 5.74) is 0.853. The molecule has 0 aliphatic carbocycles. The van der Waals surface area contributed by atoms with Gasteiger partial charge in [-0.1, -0.05) is 28.9 Å². The molecule has 174 valence electrons. The fourth-order valence-corrected chi connectivity index (χ4v) is 4.39. The Bertz CT molecular complexity index is 1450. The number of halogens is 3. The number of nitrogens with one attached hydrogen (secondary N) is 1. The van der Waals surface area contributed by atoms with Crippen LogP contribution in [0.1, 0.15) is 40.5 Å². The Morgan fingerprint density at radius 3 is 2.68 bits per heavy atom. The molecule has 34 heavy (non-hydrogen) atoms. The largest absolute Gasteiger partial charge is 0.339 e. The number of aromatic nitrogens is 5. The number of benzene rings is 2. The van der Waals surface area contributed by atoms with E-state index in [4.69, 9.17) is 11.6 Å². The fraction of sp³-hybridized carbons (Fsp3) is 0.261. The molecule has 1 aliphatic rings. The summed E-state index contributed by atoms with van der Waals surface area (Å²) in [4.78, 5) is 34.2. The highest BCUT2D eigenvalue weighted by Crippen LogP contribution is 2.27. The molecule has 8 nitrogen and oxygen atoms in total. The van der Waals surface area contributed by atoms with Gasteiger partial charge in [-0.2, -0.15) is 0 Å². The lowest BCUT2D eigenvalue weighted by atomic mass is 9.95. The molecule has 0 saturated carbocycles. The van der Waals surface area contributed by atoms with E-state index < -0.39 is 17.5 Å². The number of piperidine rings is 1. The molecule has 0 unspecified atom stereocenters. The van der Waals surface area contributed by atoms with E-state index in [0.717, 1.165) is 17.7 Å². The number of aromatic amines is 1. The minimum absolute atomic E-state index is 0.103. The number of hydrogen-bond acceptors (Lipinski definition) is 5. The molecule has 4 aromatic rings. The van der Waals surface area contributed by atoms with E-state index in [2.05, 4.69) is 20.3 Å². The first-order valence-corrected chi connectivity index (χ1v) is 11.1. The molecule has 5 rings (SSSR count). The second-order valence-corrected chi connectivity index (χ2v) is 8.63. The van der Waals surface area contributed by atoms with Crippen molar-refractivity contribution in [3.63, 3.8) is 0 Å².